The Labute approximate surface area is 104 Å². The monoisotopic (exact) mass is 259 g/mol. The summed E-state index contributed by atoms with van der Waals surface area (Å²) in [7, 11) is 0. The molecular formula is C11H14ClNO2S. The van der Waals surface area contributed by atoms with Gasteiger partial charge in [0.15, 0.2) is 0 Å². The quantitative estimate of drug-likeness (QED) is 0.884. The molecule has 1 fully saturated rings. The fraction of sp³-hybridized carbons (Fsp3) is 0.545. The summed E-state index contributed by atoms with van der Waals surface area (Å²) >= 11 is 7.39. The molecule has 1 saturated carbocycles. The molecule has 1 aromatic heterocycles. The highest BCUT2D eigenvalue weighted by Gasteiger charge is 2.35. The van der Waals surface area contributed by atoms with Gasteiger partial charge >= 0.3 is 5.97 Å². The highest BCUT2D eigenvalue weighted by molar-refractivity contribution is 7.16. The van der Waals surface area contributed by atoms with E-state index in [1.807, 2.05) is 17.0 Å². The molecule has 1 aliphatic carbocycles. The lowest BCUT2D eigenvalue weighted by atomic mass is 10.2. The summed E-state index contributed by atoms with van der Waals surface area (Å²) < 4.78 is 0.758. The highest BCUT2D eigenvalue weighted by atomic mass is 35.5. The maximum Gasteiger partial charge on any atom is 0.320 e. The molecule has 1 unspecified atom stereocenters. The van der Waals surface area contributed by atoms with Crippen molar-refractivity contribution < 1.29 is 9.90 Å². The lowest BCUT2D eigenvalue weighted by Crippen LogP contribution is -2.39. The number of aliphatic carboxylic acids is 1. The zero-order valence-electron chi connectivity index (χ0n) is 9.02. The van der Waals surface area contributed by atoms with Crippen LogP contribution in [0.1, 0.15) is 24.6 Å². The van der Waals surface area contributed by atoms with Crippen LogP contribution >= 0.6 is 22.9 Å². The largest absolute Gasteiger partial charge is 0.480 e. The van der Waals surface area contributed by atoms with Crippen LogP contribution in [0.25, 0.3) is 0 Å². The molecule has 1 atom stereocenters. The fourth-order valence-electron chi connectivity index (χ4n) is 1.75. The van der Waals surface area contributed by atoms with E-state index in [0.29, 0.717) is 12.6 Å². The second-order valence-electron chi connectivity index (χ2n) is 4.12. The van der Waals surface area contributed by atoms with Crippen LogP contribution in [0.15, 0.2) is 12.1 Å². The van der Waals surface area contributed by atoms with Crippen LogP contribution in [-0.2, 0) is 11.3 Å². The maximum absolute atomic E-state index is 11.0. The van der Waals surface area contributed by atoms with Gasteiger partial charge in [0.05, 0.1) is 4.34 Å². The van der Waals surface area contributed by atoms with Gasteiger partial charge in [0.25, 0.3) is 0 Å². The second kappa shape index (κ2) is 4.73. The van der Waals surface area contributed by atoms with Gasteiger partial charge in [-0.25, -0.2) is 0 Å². The number of carboxylic acid groups (broad SMARTS) is 1. The third-order valence-electron chi connectivity index (χ3n) is 2.84. The van der Waals surface area contributed by atoms with Crippen LogP contribution in [0.4, 0.5) is 0 Å². The third-order valence-corrected chi connectivity index (χ3v) is 4.05. The van der Waals surface area contributed by atoms with Gasteiger partial charge in [-0.05, 0) is 31.9 Å². The van der Waals surface area contributed by atoms with E-state index < -0.39 is 12.0 Å². The summed E-state index contributed by atoms with van der Waals surface area (Å²) in [5, 5.41) is 9.05. The van der Waals surface area contributed by atoms with E-state index in [9.17, 15) is 4.79 Å². The normalized spacial score (nSPS) is 17.7. The van der Waals surface area contributed by atoms with Crippen LogP contribution in [-0.4, -0.2) is 28.1 Å². The van der Waals surface area contributed by atoms with Crippen LogP contribution < -0.4 is 0 Å². The Morgan fingerprint density at radius 2 is 2.38 bits per heavy atom. The van der Waals surface area contributed by atoms with Crippen molar-refractivity contribution in [3.63, 3.8) is 0 Å². The Balaban J connectivity index is 2.05. The Kier molecular flexibility index (Phi) is 3.52. The Morgan fingerprint density at radius 3 is 2.81 bits per heavy atom. The third kappa shape index (κ3) is 2.75. The minimum atomic E-state index is -0.755. The molecule has 0 spiro atoms. The van der Waals surface area contributed by atoms with Crippen molar-refractivity contribution in [1.29, 1.82) is 0 Å². The number of nitrogens with zero attached hydrogens (tertiary/aromatic N) is 1. The molecule has 88 valence electrons. The van der Waals surface area contributed by atoms with Gasteiger partial charge in [-0.3, -0.25) is 9.69 Å². The minimum absolute atomic E-state index is 0.423. The van der Waals surface area contributed by atoms with E-state index in [1.54, 1.807) is 6.92 Å². The van der Waals surface area contributed by atoms with Gasteiger partial charge in [0.1, 0.15) is 6.04 Å². The Hall–Kier alpha value is -0.580. The topological polar surface area (TPSA) is 40.5 Å². The van der Waals surface area contributed by atoms with E-state index in [2.05, 4.69) is 0 Å². The number of thiophene rings is 1. The minimum Gasteiger partial charge on any atom is -0.480 e. The SMILES string of the molecule is CC(C(=O)O)N(Cc1ccc(Cl)s1)C1CC1. The first-order valence-electron chi connectivity index (χ1n) is 5.30. The Morgan fingerprint density at radius 1 is 1.69 bits per heavy atom. The van der Waals surface area contributed by atoms with Gasteiger partial charge in [-0.15, -0.1) is 11.3 Å². The van der Waals surface area contributed by atoms with E-state index >= 15 is 0 Å². The molecule has 1 aromatic rings. The first kappa shape index (κ1) is 11.9. The molecule has 16 heavy (non-hydrogen) atoms. The zero-order chi connectivity index (χ0) is 11.7. The number of carbonyl (C=O) groups is 1. The smallest absolute Gasteiger partial charge is 0.320 e. The standard InChI is InChI=1S/C11H14ClNO2S/c1-7(11(14)15)13(8-2-3-8)6-9-4-5-10(12)16-9/h4-5,7-8H,2-3,6H2,1H3,(H,14,15). The van der Waals surface area contributed by atoms with E-state index in [4.69, 9.17) is 16.7 Å². The summed E-state index contributed by atoms with van der Waals surface area (Å²) in [5.41, 5.74) is 0. The molecule has 0 bridgehead atoms. The predicted octanol–water partition coefficient (Wildman–Crippen LogP) is 2.84. The zero-order valence-corrected chi connectivity index (χ0v) is 10.6. The number of rotatable bonds is 5. The lowest BCUT2D eigenvalue weighted by molar-refractivity contribution is -0.143. The molecule has 0 amide bonds. The Bertz CT molecular complexity index is 389. The van der Waals surface area contributed by atoms with Gasteiger partial charge in [0.2, 0.25) is 0 Å². The fourth-order valence-corrected chi connectivity index (χ4v) is 2.84. The molecule has 1 aliphatic rings. The van der Waals surface area contributed by atoms with Gasteiger partial charge in [-0.1, -0.05) is 11.6 Å². The lowest BCUT2D eigenvalue weighted by Gasteiger charge is -2.25. The average Bonchev–Trinajstić information content (AvgIpc) is 2.98. The first-order valence-corrected chi connectivity index (χ1v) is 6.50. The van der Waals surface area contributed by atoms with Crippen molar-refractivity contribution in [2.45, 2.75) is 38.4 Å². The molecule has 0 radical (unpaired) electrons. The molecule has 1 heterocycles. The van der Waals surface area contributed by atoms with Crippen molar-refractivity contribution in [2.24, 2.45) is 0 Å². The maximum atomic E-state index is 11.0. The van der Waals surface area contributed by atoms with Crippen LogP contribution in [0.2, 0.25) is 4.34 Å². The van der Waals surface area contributed by atoms with Crippen LogP contribution in [0.5, 0.6) is 0 Å². The molecule has 0 saturated heterocycles. The number of halogens is 1. The number of hydrogen-bond donors (Lipinski definition) is 1. The molecule has 5 heteroatoms. The van der Waals surface area contributed by atoms with Crippen molar-refractivity contribution >= 4 is 28.9 Å². The van der Waals surface area contributed by atoms with E-state index in [1.165, 1.54) is 11.3 Å². The predicted molar refractivity (Wildman–Crippen MR) is 65.0 cm³/mol. The van der Waals surface area contributed by atoms with Crippen molar-refractivity contribution in [2.75, 3.05) is 0 Å². The van der Waals surface area contributed by atoms with Crippen molar-refractivity contribution in [3.8, 4) is 0 Å². The summed E-state index contributed by atoms with van der Waals surface area (Å²) in [5.74, 6) is -0.755. The number of carboxylic acids is 1. The van der Waals surface area contributed by atoms with Gasteiger partial charge in [0, 0.05) is 17.5 Å². The highest BCUT2D eigenvalue weighted by Crippen LogP contribution is 2.32. The first-order chi connectivity index (χ1) is 7.58. The van der Waals surface area contributed by atoms with E-state index in [-0.39, 0.29) is 0 Å². The van der Waals surface area contributed by atoms with Crippen LogP contribution in [0.3, 0.4) is 0 Å². The van der Waals surface area contributed by atoms with Gasteiger partial charge in [-0.2, -0.15) is 0 Å². The van der Waals surface area contributed by atoms with E-state index in [0.717, 1.165) is 22.1 Å². The molecule has 0 aromatic carbocycles. The molecule has 0 aliphatic heterocycles. The molecule has 3 nitrogen and oxygen atoms in total. The average molecular weight is 260 g/mol. The van der Waals surface area contributed by atoms with Crippen LogP contribution in [0, 0.1) is 0 Å². The molecule has 2 rings (SSSR count). The molecule has 1 N–H and O–H groups in total. The number of hydrogen-bond acceptors (Lipinski definition) is 3. The second-order valence-corrected chi connectivity index (χ2v) is 5.92. The summed E-state index contributed by atoms with van der Waals surface area (Å²) in [6, 6.07) is 3.84. The van der Waals surface area contributed by atoms with Crippen molar-refractivity contribution in [1.82, 2.24) is 4.90 Å². The summed E-state index contributed by atoms with van der Waals surface area (Å²) in [6.07, 6.45) is 2.22. The van der Waals surface area contributed by atoms with Gasteiger partial charge < -0.3 is 5.11 Å². The van der Waals surface area contributed by atoms with Crippen molar-refractivity contribution in [3.05, 3.63) is 21.3 Å². The summed E-state index contributed by atoms with van der Waals surface area (Å²) in [4.78, 5) is 14.2. The molecular weight excluding hydrogens is 246 g/mol. The summed E-state index contributed by atoms with van der Waals surface area (Å²) in [6.45, 7) is 2.44.